The average Bonchev–Trinajstić information content (AvgIpc) is 3.38. The Labute approximate surface area is 260 Å². The Hall–Kier alpha value is -3.44. The highest BCUT2D eigenvalue weighted by Crippen LogP contribution is 2.50. The molecule has 3 aliphatic rings. The third kappa shape index (κ3) is 6.35. The lowest BCUT2D eigenvalue weighted by molar-refractivity contribution is -0.166. The molecule has 2 saturated heterocycles. The maximum Gasteiger partial charge on any atom is 0.228 e. The van der Waals surface area contributed by atoms with Gasteiger partial charge < -0.3 is 34.6 Å². The third-order valence-electron chi connectivity index (χ3n) is 9.72. The van der Waals surface area contributed by atoms with E-state index >= 15 is 0 Å². The molecule has 4 heterocycles. The van der Waals surface area contributed by atoms with Crippen LogP contribution in [0.2, 0.25) is 0 Å². The number of hydrogen-bond donors (Lipinski definition) is 2. The number of H-pyrrole nitrogens is 1. The summed E-state index contributed by atoms with van der Waals surface area (Å²) >= 11 is 0. The Morgan fingerprint density at radius 3 is 2.57 bits per heavy atom. The molecule has 0 aliphatic carbocycles. The molecule has 3 aliphatic heterocycles. The number of aromatic amines is 1. The number of carbonyl (C=O) groups is 4. The van der Waals surface area contributed by atoms with E-state index in [4.69, 9.17) is 4.74 Å². The van der Waals surface area contributed by atoms with Gasteiger partial charge in [-0.15, -0.1) is 0 Å². The van der Waals surface area contributed by atoms with Crippen molar-refractivity contribution in [1.29, 1.82) is 0 Å². The predicted octanol–water partition coefficient (Wildman–Crippen LogP) is 1.74. The molecule has 2 N–H and O–H groups in total. The normalized spacial score (nSPS) is 23.5. The van der Waals surface area contributed by atoms with E-state index < -0.39 is 17.4 Å². The molecule has 0 saturated carbocycles. The van der Waals surface area contributed by atoms with Gasteiger partial charge in [0.1, 0.15) is 0 Å². The van der Waals surface area contributed by atoms with Crippen LogP contribution in [-0.4, -0.2) is 122 Å². The van der Waals surface area contributed by atoms with Crippen molar-refractivity contribution in [3.05, 3.63) is 35.0 Å². The van der Waals surface area contributed by atoms with Gasteiger partial charge >= 0.3 is 0 Å². The van der Waals surface area contributed by atoms with Crippen LogP contribution in [0.3, 0.4) is 0 Å². The number of aromatic nitrogens is 1. The van der Waals surface area contributed by atoms with Crippen LogP contribution in [0.15, 0.2) is 18.2 Å². The molecule has 4 amide bonds. The first kappa shape index (κ1) is 32.0. The molecule has 0 radical (unpaired) electrons. The van der Waals surface area contributed by atoms with Crippen molar-refractivity contribution in [1.82, 2.24) is 29.9 Å². The number of amides is 4. The molecular weight excluding hydrogens is 560 g/mol. The summed E-state index contributed by atoms with van der Waals surface area (Å²) in [4.78, 5) is 64.6. The summed E-state index contributed by atoms with van der Waals surface area (Å²) in [5, 5.41) is 4.07. The molecular formula is C33H48N6O5. The number of nitrogens with one attached hydrogen (secondary N) is 2. The second kappa shape index (κ2) is 13.3. The molecule has 3 atom stereocenters. The molecule has 0 spiro atoms. The highest BCUT2D eigenvalue weighted by molar-refractivity contribution is 5.93. The molecule has 1 aromatic carbocycles. The second-order valence-corrected chi connectivity index (χ2v) is 13.2. The Bertz CT molecular complexity index is 1400. The first-order valence-electron chi connectivity index (χ1n) is 15.9. The Morgan fingerprint density at radius 2 is 1.86 bits per heavy atom. The second-order valence-electron chi connectivity index (χ2n) is 13.2. The summed E-state index contributed by atoms with van der Waals surface area (Å²) < 4.78 is 5.53. The highest BCUT2D eigenvalue weighted by atomic mass is 16.5. The SMILES string of the molecule is CN(C)CCCNC(=O)C[C@H]1C[C@H](C(=O)N2CCOCC2)[C@@]2(C)c3[nH]c4cc(CCC(=O)N(C)C)ccc4c3CCN2C1=O. The van der Waals surface area contributed by atoms with Gasteiger partial charge in [-0.3, -0.25) is 19.2 Å². The van der Waals surface area contributed by atoms with E-state index in [-0.39, 0.29) is 30.0 Å². The van der Waals surface area contributed by atoms with Crippen LogP contribution in [0.1, 0.15) is 49.4 Å². The Morgan fingerprint density at radius 1 is 1.11 bits per heavy atom. The fourth-order valence-electron chi connectivity index (χ4n) is 7.19. The number of morpholine rings is 1. The van der Waals surface area contributed by atoms with Crippen molar-refractivity contribution in [2.24, 2.45) is 11.8 Å². The molecule has 240 valence electrons. The van der Waals surface area contributed by atoms with Crippen molar-refractivity contribution in [3.8, 4) is 0 Å². The zero-order valence-electron chi connectivity index (χ0n) is 26.9. The van der Waals surface area contributed by atoms with Crippen molar-refractivity contribution in [2.75, 3.05) is 74.1 Å². The molecule has 11 heteroatoms. The molecule has 0 bridgehead atoms. The summed E-state index contributed by atoms with van der Waals surface area (Å²) in [6, 6.07) is 6.27. The lowest BCUT2D eigenvalue weighted by Gasteiger charge is -2.54. The van der Waals surface area contributed by atoms with Crippen molar-refractivity contribution >= 4 is 34.5 Å². The van der Waals surface area contributed by atoms with Crippen LogP contribution < -0.4 is 5.32 Å². The Kier molecular flexibility index (Phi) is 9.65. The topological polar surface area (TPSA) is 118 Å². The van der Waals surface area contributed by atoms with Gasteiger partial charge in [-0.05, 0) is 70.4 Å². The number of aryl methyl sites for hydroxylation is 1. The minimum Gasteiger partial charge on any atom is -0.378 e. The van der Waals surface area contributed by atoms with E-state index in [9.17, 15) is 19.2 Å². The van der Waals surface area contributed by atoms with E-state index in [1.807, 2.05) is 30.8 Å². The van der Waals surface area contributed by atoms with Crippen LogP contribution in [-0.2, 0) is 42.3 Å². The predicted molar refractivity (Wildman–Crippen MR) is 168 cm³/mol. The first-order valence-corrected chi connectivity index (χ1v) is 15.9. The average molecular weight is 609 g/mol. The van der Waals surface area contributed by atoms with Gasteiger partial charge in [-0.2, -0.15) is 0 Å². The molecule has 1 aromatic heterocycles. The van der Waals surface area contributed by atoms with Gasteiger partial charge in [0.05, 0.1) is 24.7 Å². The van der Waals surface area contributed by atoms with E-state index in [1.54, 1.807) is 19.0 Å². The fraction of sp³-hybridized carbons (Fsp3) is 0.636. The fourth-order valence-corrected chi connectivity index (χ4v) is 7.19. The van der Waals surface area contributed by atoms with Gasteiger partial charge in [0.25, 0.3) is 0 Å². The molecule has 0 unspecified atom stereocenters. The van der Waals surface area contributed by atoms with E-state index in [2.05, 4.69) is 33.4 Å². The van der Waals surface area contributed by atoms with E-state index in [0.717, 1.165) is 40.7 Å². The van der Waals surface area contributed by atoms with Gasteiger partial charge in [0.2, 0.25) is 23.6 Å². The number of carbonyl (C=O) groups excluding carboxylic acids is 4. The summed E-state index contributed by atoms with van der Waals surface area (Å²) in [6.45, 7) is 5.96. The minimum absolute atomic E-state index is 0.0130. The number of fused-ring (bicyclic) bond motifs is 5. The Balaban J connectivity index is 1.44. The first-order chi connectivity index (χ1) is 21.0. The smallest absolute Gasteiger partial charge is 0.228 e. The number of ether oxygens (including phenoxy) is 1. The van der Waals surface area contributed by atoms with Crippen molar-refractivity contribution in [3.63, 3.8) is 0 Å². The van der Waals surface area contributed by atoms with Crippen LogP contribution in [0.5, 0.6) is 0 Å². The molecule has 44 heavy (non-hydrogen) atoms. The number of rotatable bonds is 10. The van der Waals surface area contributed by atoms with Crippen LogP contribution >= 0.6 is 0 Å². The lowest BCUT2D eigenvalue weighted by Crippen LogP contribution is -2.65. The largest absolute Gasteiger partial charge is 0.378 e. The number of benzene rings is 1. The standard InChI is InChI=1S/C33H48N6O5/c1-33-26(32(43)38-15-17-44-18-16-38)20-23(21-28(40)34-12-6-13-36(2)3)31(42)39(33)14-11-25-24-9-7-22(8-10-29(41)37(4)5)19-27(24)35-30(25)33/h7,9,19,23,26,35H,6,8,10-18,20-21H2,1-5H3,(H,34,40)/t23-,26-,33+/m1/s1. The van der Waals surface area contributed by atoms with Crippen LogP contribution in [0.4, 0.5) is 0 Å². The van der Waals surface area contributed by atoms with Gasteiger partial charge in [-0.25, -0.2) is 0 Å². The summed E-state index contributed by atoms with van der Waals surface area (Å²) in [6.07, 6.45) is 2.96. The third-order valence-corrected chi connectivity index (χ3v) is 9.72. The number of nitrogens with zero attached hydrogens (tertiary/aromatic N) is 4. The molecule has 2 aromatic rings. The van der Waals surface area contributed by atoms with Crippen molar-refractivity contribution < 1.29 is 23.9 Å². The monoisotopic (exact) mass is 608 g/mol. The van der Waals surface area contributed by atoms with Gasteiger partial charge in [-0.1, -0.05) is 12.1 Å². The molecule has 5 rings (SSSR count). The van der Waals surface area contributed by atoms with Gasteiger partial charge in [0.15, 0.2) is 0 Å². The molecule has 11 nitrogen and oxygen atoms in total. The van der Waals surface area contributed by atoms with Crippen LogP contribution in [0.25, 0.3) is 10.9 Å². The zero-order valence-corrected chi connectivity index (χ0v) is 26.9. The molecule has 2 fully saturated rings. The summed E-state index contributed by atoms with van der Waals surface area (Å²) in [7, 11) is 7.52. The maximum atomic E-state index is 14.3. The summed E-state index contributed by atoms with van der Waals surface area (Å²) in [5.41, 5.74) is 3.19. The maximum absolute atomic E-state index is 14.3. The zero-order chi connectivity index (χ0) is 31.6. The minimum atomic E-state index is -0.876. The highest BCUT2D eigenvalue weighted by Gasteiger charge is 2.57. The van der Waals surface area contributed by atoms with Crippen molar-refractivity contribution in [2.45, 2.75) is 51.0 Å². The number of piperidine rings is 1. The number of hydrogen-bond acceptors (Lipinski definition) is 6. The van der Waals surface area contributed by atoms with E-state index in [0.29, 0.717) is 65.1 Å². The quantitative estimate of drug-likeness (QED) is 0.397. The van der Waals surface area contributed by atoms with Crippen LogP contribution in [0, 0.1) is 11.8 Å². The van der Waals surface area contributed by atoms with E-state index in [1.165, 1.54) is 0 Å². The lowest BCUT2D eigenvalue weighted by atomic mass is 9.67. The van der Waals surface area contributed by atoms with Gasteiger partial charge in [0, 0.05) is 75.6 Å². The summed E-state index contributed by atoms with van der Waals surface area (Å²) in [5.74, 6) is -1.17.